The lowest BCUT2D eigenvalue weighted by Gasteiger charge is -2.17. The van der Waals surface area contributed by atoms with Crippen LogP contribution in [0.5, 0.6) is 0 Å². The largest absolute Gasteiger partial charge is 0.419 e. The predicted molar refractivity (Wildman–Crippen MR) is 56.2 cm³/mol. The third-order valence-corrected chi connectivity index (χ3v) is 2.56. The van der Waals surface area contributed by atoms with E-state index in [4.69, 9.17) is 0 Å². The van der Waals surface area contributed by atoms with Crippen LogP contribution in [0, 0.1) is 5.82 Å². The quantitative estimate of drug-likeness (QED) is 0.582. The summed E-state index contributed by atoms with van der Waals surface area (Å²) in [5.74, 6) is -1.55. The molecule has 0 aliphatic rings. The van der Waals surface area contributed by atoms with E-state index in [9.17, 15) is 27.8 Å². The number of rotatable bonds is 3. The van der Waals surface area contributed by atoms with Crippen LogP contribution in [0.1, 0.15) is 17.2 Å². The molecule has 0 fully saturated rings. The van der Waals surface area contributed by atoms with Gasteiger partial charge in [-0.3, -0.25) is 0 Å². The topological polar surface area (TPSA) is 40.5 Å². The molecule has 2 nitrogen and oxygen atoms in total. The minimum absolute atomic E-state index is 0.125. The summed E-state index contributed by atoms with van der Waals surface area (Å²) in [4.78, 5) is 0. The van der Waals surface area contributed by atoms with Gasteiger partial charge in [-0.05, 0) is 17.7 Å². The maximum absolute atomic E-state index is 12.9. The van der Waals surface area contributed by atoms with E-state index in [1.165, 1.54) is 0 Å². The predicted octanol–water partition coefficient (Wildman–Crippen LogP) is 2.17. The van der Waals surface area contributed by atoms with Gasteiger partial charge < -0.3 is 10.2 Å². The molecule has 0 aromatic heterocycles. The number of aliphatic hydroxyl groups is 2. The van der Waals surface area contributed by atoms with Crippen LogP contribution in [0.2, 0.25) is 0 Å². The molecule has 0 amide bonds. The van der Waals surface area contributed by atoms with E-state index in [0.717, 1.165) is 6.07 Å². The first-order valence-electron chi connectivity index (χ1n) is 4.61. The summed E-state index contributed by atoms with van der Waals surface area (Å²) in [7, 11) is 0. The number of alkyl halides is 3. The number of hydrogen-bond donors (Lipinski definition) is 3. The highest BCUT2D eigenvalue weighted by molar-refractivity contribution is 7.80. The lowest BCUT2D eigenvalue weighted by Crippen LogP contribution is -2.20. The summed E-state index contributed by atoms with van der Waals surface area (Å²) in [6.45, 7) is 0. The summed E-state index contributed by atoms with van der Waals surface area (Å²) >= 11 is 3.70. The van der Waals surface area contributed by atoms with Crippen molar-refractivity contribution in [2.75, 3.05) is 5.75 Å². The second-order valence-corrected chi connectivity index (χ2v) is 3.80. The zero-order valence-corrected chi connectivity index (χ0v) is 9.34. The normalized spacial score (nSPS) is 15.7. The van der Waals surface area contributed by atoms with Crippen LogP contribution in [-0.4, -0.2) is 22.1 Å². The number of thiol groups is 1. The average molecular weight is 270 g/mol. The summed E-state index contributed by atoms with van der Waals surface area (Å²) < 4.78 is 50.1. The third kappa shape index (κ3) is 3.34. The Morgan fingerprint density at radius 2 is 1.82 bits per heavy atom. The van der Waals surface area contributed by atoms with Gasteiger partial charge in [0.1, 0.15) is 11.9 Å². The summed E-state index contributed by atoms with van der Waals surface area (Å²) in [5.41, 5.74) is -1.68. The first kappa shape index (κ1) is 14.3. The van der Waals surface area contributed by atoms with E-state index in [1.54, 1.807) is 0 Å². The van der Waals surface area contributed by atoms with Crippen molar-refractivity contribution in [1.29, 1.82) is 0 Å². The van der Waals surface area contributed by atoms with Crippen molar-refractivity contribution in [3.8, 4) is 0 Å². The Morgan fingerprint density at radius 3 is 2.29 bits per heavy atom. The Balaban J connectivity index is 3.13. The Labute approximate surface area is 100 Å². The molecule has 0 bridgehead atoms. The monoisotopic (exact) mass is 270 g/mol. The maximum Gasteiger partial charge on any atom is 0.419 e. The molecule has 2 unspecified atom stereocenters. The molecule has 0 radical (unpaired) electrons. The van der Waals surface area contributed by atoms with Gasteiger partial charge in [0.15, 0.2) is 0 Å². The van der Waals surface area contributed by atoms with Gasteiger partial charge in [0.25, 0.3) is 0 Å². The zero-order valence-electron chi connectivity index (χ0n) is 8.45. The summed E-state index contributed by atoms with van der Waals surface area (Å²) in [5, 5.41) is 18.7. The van der Waals surface area contributed by atoms with Gasteiger partial charge in [-0.25, -0.2) is 4.39 Å². The van der Waals surface area contributed by atoms with Crippen LogP contribution >= 0.6 is 12.6 Å². The van der Waals surface area contributed by atoms with Crippen molar-refractivity contribution in [3.05, 3.63) is 35.1 Å². The Hall–Kier alpha value is -0.790. The van der Waals surface area contributed by atoms with E-state index < -0.39 is 29.8 Å². The van der Waals surface area contributed by atoms with Crippen LogP contribution in [0.4, 0.5) is 17.6 Å². The number of halogens is 4. The molecular weight excluding hydrogens is 260 g/mol. The minimum atomic E-state index is -4.84. The lowest BCUT2D eigenvalue weighted by molar-refractivity contribution is -0.140. The van der Waals surface area contributed by atoms with Crippen molar-refractivity contribution in [1.82, 2.24) is 0 Å². The molecule has 0 saturated carbocycles. The highest BCUT2D eigenvalue weighted by atomic mass is 32.1. The number of benzene rings is 1. The van der Waals surface area contributed by atoms with E-state index in [0.29, 0.717) is 12.1 Å². The first-order valence-corrected chi connectivity index (χ1v) is 5.24. The average Bonchev–Trinajstić information content (AvgIpc) is 2.26. The van der Waals surface area contributed by atoms with Crippen LogP contribution in [0.3, 0.4) is 0 Å². The van der Waals surface area contributed by atoms with Crippen LogP contribution in [0.25, 0.3) is 0 Å². The maximum atomic E-state index is 12.9. The van der Waals surface area contributed by atoms with Crippen molar-refractivity contribution < 1.29 is 27.8 Å². The van der Waals surface area contributed by atoms with Crippen molar-refractivity contribution in [2.45, 2.75) is 18.4 Å². The lowest BCUT2D eigenvalue weighted by atomic mass is 10.0. The van der Waals surface area contributed by atoms with Gasteiger partial charge in [-0.2, -0.15) is 25.8 Å². The second kappa shape index (κ2) is 5.24. The molecule has 0 aliphatic heterocycles. The second-order valence-electron chi connectivity index (χ2n) is 3.43. The SMILES string of the molecule is OC(CS)C(O)c1ccc(F)c(C(F)(F)F)c1. The minimum Gasteiger partial charge on any atom is -0.389 e. The number of hydrogen-bond acceptors (Lipinski definition) is 3. The molecule has 0 saturated heterocycles. The van der Waals surface area contributed by atoms with Crippen molar-refractivity contribution >= 4 is 12.6 Å². The van der Waals surface area contributed by atoms with Gasteiger partial charge in [0, 0.05) is 5.75 Å². The molecule has 1 aromatic carbocycles. The Bertz CT molecular complexity index is 394. The summed E-state index contributed by atoms with van der Waals surface area (Å²) in [6, 6.07) is 2.07. The fourth-order valence-corrected chi connectivity index (χ4v) is 1.47. The van der Waals surface area contributed by atoms with Crippen LogP contribution in [0.15, 0.2) is 18.2 Å². The highest BCUT2D eigenvalue weighted by Crippen LogP contribution is 2.33. The Morgan fingerprint density at radius 1 is 1.24 bits per heavy atom. The van der Waals surface area contributed by atoms with Crippen LogP contribution in [-0.2, 0) is 6.18 Å². The van der Waals surface area contributed by atoms with Gasteiger partial charge >= 0.3 is 6.18 Å². The zero-order chi connectivity index (χ0) is 13.2. The molecule has 2 N–H and O–H groups in total. The molecule has 17 heavy (non-hydrogen) atoms. The van der Waals surface area contributed by atoms with Gasteiger partial charge in [-0.1, -0.05) is 6.07 Å². The fourth-order valence-electron chi connectivity index (χ4n) is 1.27. The van der Waals surface area contributed by atoms with Gasteiger partial charge in [-0.15, -0.1) is 0 Å². The molecule has 96 valence electrons. The van der Waals surface area contributed by atoms with E-state index in [1.807, 2.05) is 0 Å². The van der Waals surface area contributed by atoms with Crippen molar-refractivity contribution in [2.24, 2.45) is 0 Å². The standard InChI is InChI=1S/C10H10F4O2S/c11-7-2-1-5(9(16)8(15)4-17)3-6(7)10(12,13)14/h1-3,8-9,15-17H,4H2. The van der Waals surface area contributed by atoms with Crippen molar-refractivity contribution in [3.63, 3.8) is 0 Å². The number of aliphatic hydroxyl groups excluding tert-OH is 2. The highest BCUT2D eigenvalue weighted by Gasteiger charge is 2.35. The van der Waals surface area contributed by atoms with E-state index >= 15 is 0 Å². The summed E-state index contributed by atoms with van der Waals surface area (Å²) in [6.07, 6.45) is -7.69. The van der Waals surface area contributed by atoms with Gasteiger partial charge in [0.05, 0.1) is 11.7 Å². The van der Waals surface area contributed by atoms with Crippen LogP contribution < -0.4 is 0 Å². The molecule has 0 spiro atoms. The molecule has 0 aliphatic carbocycles. The first-order chi connectivity index (χ1) is 7.77. The molecule has 1 aromatic rings. The molecular formula is C10H10F4O2S. The van der Waals surface area contributed by atoms with E-state index in [2.05, 4.69) is 12.6 Å². The van der Waals surface area contributed by atoms with E-state index in [-0.39, 0.29) is 11.3 Å². The molecule has 2 atom stereocenters. The Kier molecular flexibility index (Phi) is 4.40. The molecule has 0 heterocycles. The molecule has 1 rings (SSSR count). The molecule has 7 heteroatoms. The van der Waals surface area contributed by atoms with Gasteiger partial charge in [0.2, 0.25) is 0 Å². The third-order valence-electron chi connectivity index (χ3n) is 2.19. The smallest absolute Gasteiger partial charge is 0.389 e. The fraction of sp³-hybridized carbons (Fsp3) is 0.400.